The largest absolute Gasteiger partial charge is 0.444 e. The number of hydrogen-bond acceptors (Lipinski definition) is 4. The summed E-state index contributed by atoms with van der Waals surface area (Å²) < 4.78 is 5.17. The van der Waals surface area contributed by atoms with Crippen molar-refractivity contribution in [1.82, 2.24) is 9.97 Å². The molecule has 0 spiro atoms. The number of carbonyl (C=O) groups is 1. The summed E-state index contributed by atoms with van der Waals surface area (Å²) in [4.78, 5) is 21.0. The van der Waals surface area contributed by atoms with Gasteiger partial charge in [0.2, 0.25) is 5.28 Å². The zero-order chi connectivity index (χ0) is 11.9. The summed E-state index contributed by atoms with van der Waals surface area (Å²) in [7, 11) is 0. The molecule has 2 rings (SSSR count). The molecular formula is C10H12ClN3O2. The highest BCUT2D eigenvalue weighted by Crippen LogP contribution is 2.33. The van der Waals surface area contributed by atoms with Gasteiger partial charge in [0, 0.05) is 6.20 Å². The maximum absolute atomic E-state index is 11.7. The van der Waals surface area contributed by atoms with E-state index in [-0.39, 0.29) is 11.4 Å². The van der Waals surface area contributed by atoms with Crippen molar-refractivity contribution >= 4 is 23.5 Å². The van der Waals surface area contributed by atoms with Gasteiger partial charge < -0.3 is 4.74 Å². The Hall–Kier alpha value is -1.36. The van der Waals surface area contributed by atoms with E-state index in [1.54, 1.807) is 6.07 Å². The first-order valence-electron chi connectivity index (χ1n) is 4.92. The molecule has 0 radical (unpaired) electrons. The lowest BCUT2D eigenvalue weighted by Crippen LogP contribution is -2.45. The topological polar surface area (TPSA) is 55.3 Å². The highest BCUT2D eigenvalue weighted by molar-refractivity contribution is 6.28. The van der Waals surface area contributed by atoms with E-state index >= 15 is 0 Å². The Morgan fingerprint density at radius 3 is 2.75 bits per heavy atom. The van der Waals surface area contributed by atoms with Crippen LogP contribution in [0.15, 0.2) is 12.3 Å². The zero-order valence-electron chi connectivity index (χ0n) is 9.27. The Balaban J connectivity index is 2.44. The van der Waals surface area contributed by atoms with E-state index in [0.717, 1.165) is 0 Å². The first-order chi connectivity index (χ1) is 7.43. The van der Waals surface area contributed by atoms with Gasteiger partial charge >= 0.3 is 6.09 Å². The van der Waals surface area contributed by atoms with Crippen LogP contribution >= 0.6 is 11.6 Å². The van der Waals surface area contributed by atoms with Gasteiger partial charge in [0.05, 0.1) is 5.54 Å². The van der Waals surface area contributed by atoms with E-state index in [2.05, 4.69) is 9.97 Å². The molecule has 16 heavy (non-hydrogen) atoms. The van der Waals surface area contributed by atoms with Gasteiger partial charge in [-0.25, -0.2) is 14.8 Å². The molecule has 5 nitrogen and oxygen atoms in total. The number of amides is 1. The van der Waals surface area contributed by atoms with Crippen molar-refractivity contribution in [3.8, 4) is 0 Å². The number of ether oxygens (including phenoxy) is 1. The van der Waals surface area contributed by atoms with E-state index in [0.29, 0.717) is 5.82 Å². The molecule has 6 heteroatoms. The van der Waals surface area contributed by atoms with Gasteiger partial charge in [0.15, 0.2) is 0 Å². The van der Waals surface area contributed by atoms with E-state index in [1.807, 2.05) is 20.8 Å². The quantitative estimate of drug-likeness (QED) is 0.708. The third-order valence-electron chi connectivity index (χ3n) is 2.87. The number of aromatic nitrogens is 2. The van der Waals surface area contributed by atoms with E-state index < -0.39 is 11.6 Å². The second-order valence-electron chi connectivity index (χ2n) is 4.20. The molecule has 1 aromatic heterocycles. The van der Waals surface area contributed by atoms with Gasteiger partial charge in [0.25, 0.3) is 0 Å². The molecule has 2 heterocycles. The predicted molar refractivity (Wildman–Crippen MR) is 59.5 cm³/mol. The summed E-state index contributed by atoms with van der Waals surface area (Å²) in [6.45, 7) is 5.68. The van der Waals surface area contributed by atoms with E-state index in [4.69, 9.17) is 16.3 Å². The van der Waals surface area contributed by atoms with Crippen LogP contribution in [0.2, 0.25) is 5.28 Å². The minimum absolute atomic E-state index is 0.112. The average Bonchev–Trinajstić information content (AvgIpc) is 2.36. The van der Waals surface area contributed by atoms with Gasteiger partial charge in [-0.05, 0) is 38.4 Å². The number of nitrogens with zero attached hydrogens (tertiary/aromatic N) is 3. The molecule has 1 atom stereocenters. The third-order valence-corrected chi connectivity index (χ3v) is 3.05. The van der Waals surface area contributed by atoms with Crippen LogP contribution in [0.1, 0.15) is 20.8 Å². The van der Waals surface area contributed by atoms with Crippen LogP contribution in [-0.4, -0.2) is 27.7 Å². The van der Waals surface area contributed by atoms with E-state index in [9.17, 15) is 4.79 Å². The molecule has 1 aromatic rings. The molecule has 0 bridgehead atoms. The van der Waals surface area contributed by atoms with Crippen molar-refractivity contribution in [2.75, 3.05) is 4.90 Å². The molecule has 86 valence electrons. The number of rotatable bonds is 1. The highest BCUT2D eigenvalue weighted by atomic mass is 35.5. The Morgan fingerprint density at radius 1 is 1.56 bits per heavy atom. The number of cyclic esters (lactones) is 1. The summed E-state index contributed by atoms with van der Waals surface area (Å²) in [5, 5.41) is 0.112. The first-order valence-corrected chi connectivity index (χ1v) is 5.30. The molecular weight excluding hydrogens is 230 g/mol. The third kappa shape index (κ3) is 1.61. The Labute approximate surface area is 98.4 Å². The number of halogens is 1. The Kier molecular flexibility index (Phi) is 2.50. The maximum Gasteiger partial charge on any atom is 0.416 e. The Morgan fingerprint density at radius 2 is 2.25 bits per heavy atom. The Bertz CT molecular complexity index is 436. The van der Waals surface area contributed by atoms with Crippen LogP contribution in [0.4, 0.5) is 10.6 Å². The second kappa shape index (κ2) is 3.59. The zero-order valence-corrected chi connectivity index (χ0v) is 10.0. The minimum Gasteiger partial charge on any atom is -0.444 e. The molecule has 1 saturated heterocycles. The molecule has 0 saturated carbocycles. The molecule has 0 aromatic carbocycles. The average molecular weight is 242 g/mol. The maximum atomic E-state index is 11.7. The van der Waals surface area contributed by atoms with Gasteiger partial charge in [-0.3, -0.25) is 4.90 Å². The fourth-order valence-electron chi connectivity index (χ4n) is 1.60. The van der Waals surface area contributed by atoms with Crippen LogP contribution in [-0.2, 0) is 4.74 Å². The van der Waals surface area contributed by atoms with Crippen molar-refractivity contribution < 1.29 is 9.53 Å². The molecule has 0 N–H and O–H groups in total. The van der Waals surface area contributed by atoms with Crippen molar-refractivity contribution in [3.63, 3.8) is 0 Å². The van der Waals surface area contributed by atoms with Crippen LogP contribution < -0.4 is 4.90 Å². The molecule has 1 aliphatic heterocycles. The summed E-state index contributed by atoms with van der Waals surface area (Å²) in [6.07, 6.45) is 0.901. The predicted octanol–water partition coefficient (Wildman–Crippen LogP) is 2.25. The molecule has 1 amide bonds. The van der Waals surface area contributed by atoms with Crippen LogP contribution in [0.5, 0.6) is 0 Å². The van der Waals surface area contributed by atoms with Crippen molar-refractivity contribution in [2.45, 2.75) is 32.4 Å². The number of hydrogen-bond donors (Lipinski definition) is 0. The number of anilines is 1. The fraction of sp³-hybridized carbons (Fsp3) is 0.500. The van der Waals surface area contributed by atoms with Gasteiger partial charge in [-0.15, -0.1) is 0 Å². The first kappa shape index (κ1) is 11.1. The van der Waals surface area contributed by atoms with Gasteiger partial charge in [0.1, 0.15) is 11.9 Å². The van der Waals surface area contributed by atoms with E-state index in [1.165, 1.54) is 11.1 Å². The SMILES string of the molecule is C[C@@H]1OC(=O)N(c2ccnc(Cl)n2)C1(C)C. The molecule has 1 aliphatic rings. The summed E-state index contributed by atoms with van der Waals surface area (Å²) >= 11 is 5.70. The molecule has 0 aliphatic carbocycles. The second-order valence-corrected chi connectivity index (χ2v) is 4.54. The summed E-state index contributed by atoms with van der Waals surface area (Å²) in [5.41, 5.74) is -0.450. The van der Waals surface area contributed by atoms with Crippen molar-refractivity contribution in [1.29, 1.82) is 0 Å². The van der Waals surface area contributed by atoms with Crippen LogP contribution in [0.3, 0.4) is 0 Å². The van der Waals surface area contributed by atoms with Crippen LogP contribution in [0, 0.1) is 0 Å². The molecule has 1 fully saturated rings. The fourth-order valence-corrected chi connectivity index (χ4v) is 1.75. The standard InChI is InChI=1S/C10H12ClN3O2/c1-6-10(2,3)14(9(15)16-6)7-4-5-12-8(11)13-7/h4-6H,1-3H3/t6-/m0/s1. The highest BCUT2D eigenvalue weighted by Gasteiger charge is 2.47. The van der Waals surface area contributed by atoms with Crippen molar-refractivity contribution in [3.05, 3.63) is 17.5 Å². The lowest BCUT2D eigenvalue weighted by Gasteiger charge is -2.29. The smallest absolute Gasteiger partial charge is 0.416 e. The summed E-state index contributed by atoms with van der Waals surface area (Å²) in [6, 6.07) is 1.63. The minimum atomic E-state index is -0.450. The lowest BCUT2D eigenvalue weighted by atomic mass is 9.98. The van der Waals surface area contributed by atoms with Gasteiger partial charge in [-0.2, -0.15) is 0 Å². The monoisotopic (exact) mass is 241 g/mol. The van der Waals surface area contributed by atoms with Gasteiger partial charge in [-0.1, -0.05) is 0 Å². The summed E-state index contributed by atoms with van der Waals surface area (Å²) in [5.74, 6) is 0.458. The van der Waals surface area contributed by atoms with Crippen LogP contribution in [0.25, 0.3) is 0 Å². The molecule has 0 unspecified atom stereocenters. The van der Waals surface area contributed by atoms with Crippen molar-refractivity contribution in [2.24, 2.45) is 0 Å². The lowest BCUT2D eigenvalue weighted by molar-refractivity contribution is 0.129. The number of carbonyl (C=O) groups excluding carboxylic acids is 1. The normalized spacial score (nSPS) is 23.4.